The number of hydrogen-bond donors (Lipinski definition) is 1. The number of anilines is 1. The van der Waals surface area contributed by atoms with Gasteiger partial charge in [0.15, 0.2) is 0 Å². The molecule has 0 heterocycles. The highest BCUT2D eigenvalue weighted by molar-refractivity contribution is 8.01. The molecule has 0 aromatic heterocycles. The predicted molar refractivity (Wildman–Crippen MR) is 131 cm³/mol. The SMILES string of the molecule is CCCCOC(=O)c1ccccc1SN(C(=O)NC(=O)c1c(F)cccc1F)c1ccc(C(F)(F)F)cc1. The molecule has 0 aliphatic carbocycles. The average molecular weight is 553 g/mol. The van der Waals surface area contributed by atoms with Crippen LogP contribution in [0, 0.1) is 11.6 Å². The van der Waals surface area contributed by atoms with Crippen molar-refractivity contribution in [1.82, 2.24) is 5.32 Å². The molecule has 0 aliphatic rings. The number of nitrogens with one attached hydrogen (secondary N) is 1. The number of esters is 1. The van der Waals surface area contributed by atoms with E-state index in [4.69, 9.17) is 4.74 Å². The number of unbranched alkanes of at least 4 members (excludes halogenated alkanes) is 1. The summed E-state index contributed by atoms with van der Waals surface area (Å²) in [5.41, 5.74) is -2.06. The molecular weight excluding hydrogens is 531 g/mol. The largest absolute Gasteiger partial charge is 0.462 e. The van der Waals surface area contributed by atoms with Gasteiger partial charge in [-0.1, -0.05) is 31.5 Å². The summed E-state index contributed by atoms with van der Waals surface area (Å²) in [4.78, 5) is 38.4. The van der Waals surface area contributed by atoms with Crippen LogP contribution >= 0.6 is 11.9 Å². The smallest absolute Gasteiger partial charge is 0.416 e. The molecule has 0 radical (unpaired) electrons. The molecule has 0 unspecified atom stereocenters. The summed E-state index contributed by atoms with van der Waals surface area (Å²) >= 11 is 0.602. The van der Waals surface area contributed by atoms with Crippen molar-refractivity contribution in [1.29, 1.82) is 0 Å². The van der Waals surface area contributed by atoms with Crippen molar-refractivity contribution in [2.75, 3.05) is 10.9 Å². The maximum atomic E-state index is 14.1. The summed E-state index contributed by atoms with van der Waals surface area (Å²) in [7, 11) is 0. The van der Waals surface area contributed by atoms with E-state index in [1.165, 1.54) is 12.1 Å². The first kappa shape index (κ1) is 28.6. The summed E-state index contributed by atoms with van der Waals surface area (Å²) in [5.74, 6) is -4.54. The second-order valence-electron chi connectivity index (χ2n) is 7.77. The Morgan fingerprint density at radius 2 is 1.55 bits per heavy atom. The molecule has 0 spiro atoms. The van der Waals surface area contributed by atoms with Gasteiger partial charge in [0, 0.05) is 4.90 Å². The van der Waals surface area contributed by atoms with Crippen molar-refractivity contribution >= 4 is 35.5 Å². The molecule has 3 aromatic carbocycles. The molecule has 0 fully saturated rings. The second-order valence-corrected chi connectivity index (χ2v) is 8.76. The fourth-order valence-corrected chi connectivity index (χ4v) is 4.06. The Hall–Kier alpha value is -3.93. The van der Waals surface area contributed by atoms with Crippen LogP contribution in [-0.4, -0.2) is 24.5 Å². The quantitative estimate of drug-likeness (QED) is 0.141. The highest BCUT2D eigenvalue weighted by atomic mass is 32.2. The molecule has 3 rings (SSSR count). The van der Waals surface area contributed by atoms with E-state index in [1.54, 1.807) is 12.1 Å². The van der Waals surface area contributed by atoms with Crippen molar-refractivity contribution in [2.24, 2.45) is 0 Å². The number of alkyl halides is 3. The monoisotopic (exact) mass is 552 g/mol. The van der Waals surface area contributed by atoms with Crippen LogP contribution in [0.15, 0.2) is 71.6 Å². The zero-order chi connectivity index (χ0) is 27.9. The number of hydrogen-bond acceptors (Lipinski definition) is 5. The topological polar surface area (TPSA) is 75.7 Å². The van der Waals surface area contributed by atoms with Gasteiger partial charge in [0.05, 0.1) is 23.4 Å². The van der Waals surface area contributed by atoms with Crippen LogP contribution in [0.3, 0.4) is 0 Å². The number of urea groups is 1. The van der Waals surface area contributed by atoms with E-state index in [1.807, 2.05) is 12.2 Å². The lowest BCUT2D eigenvalue weighted by atomic mass is 10.2. The molecule has 0 saturated carbocycles. The van der Waals surface area contributed by atoms with E-state index in [0.29, 0.717) is 18.4 Å². The van der Waals surface area contributed by atoms with E-state index in [0.717, 1.165) is 53.2 Å². The van der Waals surface area contributed by atoms with Crippen molar-refractivity contribution < 1.29 is 41.1 Å². The van der Waals surface area contributed by atoms with Gasteiger partial charge in [-0.25, -0.2) is 22.7 Å². The molecule has 12 heteroatoms. The molecule has 3 amide bonds. The molecule has 200 valence electrons. The molecule has 0 atom stereocenters. The number of nitrogens with zero attached hydrogens (tertiary/aromatic N) is 1. The molecule has 0 bridgehead atoms. The van der Waals surface area contributed by atoms with Gasteiger partial charge in [0.1, 0.15) is 17.2 Å². The Kier molecular flexibility index (Phi) is 9.45. The van der Waals surface area contributed by atoms with Gasteiger partial charge >= 0.3 is 18.2 Å². The minimum absolute atomic E-state index is 0.0600. The Morgan fingerprint density at radius 1 is 0.921 bits per heavy atom. The first-order valence-corrected chi connectivity index (χ1v) is 12.0. The van der Waals surface area contributed by atoms with E-state index >= 15 is 0 Å². The number of carbonyl (C=O) groups excluding carboxylic acids is 3. The van der Waals surface area contributed by atoms with Crippen LogP contribution in [-0.2, 0) is 10.9 Å². The second kappa shape index (κ2) is 12.5. The lowest BCUT2D eigenvalue weighted by molar-refractivity contribution is -0.137. The van der Waals surface area contributed by atoms with Crippen molar-refractivity contribution in [3.63, 3.8) is 0 Å². The molecule has 0 saturated heterocycles. The number of imide groups is 1. The Bertz CT molecular complexity index is 1300. The molecule has 6 nitrogen and oxygen atoms in total. The van der Waals surface area contributed by atoms with Crippen LogP contribution in [0.1, 0.15) is 46.0 Å². The third kappa shape index (κ3) is 7.09. The van der Waals surface area contributed by atoms with Crippen molar-refractivity contribution in [3.05, 3.63) is 95.1 Å². The Morgan fingerprint density at radius 3 is 2.16 bits per heavy atom. The van der Waals surface area contributed by atoms with Crippen LogP contribution in [0.2, 0.25) is 0 Å². The van der Waals surface area contributed by atoms with Gasteiger partial charge in [-0.15, -0.1) is 0 Å². The van der Waals surface area contributed by atoms with Crippen LogP contribution in [0.25, 0.3) is 0 Å². The van der Waals surface area contributed by atoms with Gasteiger partial charge in [-0.2, -0.15) is 13.2 Å². The number of halogens is 5. The summed E-state index contributed by atoms with van der Waals surface area (Å²) < 4.78 is 73.3. The standard InChI is InChI=1S/C26H21F5N2O4S/c1-2-3-15-37-24(35)18-7-4-5-10-21(18)38-33(17-13-11-16(12-14-17)26(29,30)31)25(36)32-23(34)22-19(27)8-6-9-20(22)28/h4-14H,2-3,15H2,1H3,(H,32,34,36). The highest BCUT2D eigenvalue weighted by Gasteiger charge is 2.31. The maximum Gasteiger partial charge on any atom is 0.416 e. The zero-order valence-corrected chi connectivity index (χ0v) is 20.7. The van der Waals surface area contributed by atoms with Gasteiger partial charge in [0.25, 0.3) is 5.91 Å². The Labute approximate surface area is 218 Å². The van der Waals surface area contributed by atoms with E-state index in [2.05, 4.69) is 0 Å². The normalized spacial score (nSPS) is 11.1. The van der Waals surface area contributed by atoms with Crippen LogP contribution in [0.4, 0.5) is 32.4 Å². The summed E-state index contributed by atoms with van der Waals surface area (Å²) in [6.07, 6.45) is -3.25. The van der Waals surface area contributed by atoms with Gasteiger partial charge < -0.3 is 4.74 Å². The average Bonchev–Trinajstić information content (AvgIpc) is 2.87. The third-order valence-electron chi connectivity index (χ3n) is 5.05. The number of rotatable bonds is 8. The lowest BCUT2D eigenvalue weighted by Crippen LogP contribution is -2.40. The molecule has 3 aromatic rings. The molecule has 1 N–H and O–H groups in total. The zero-order valence-electron chi connectivity index (χ0n) is 19.9. The first-order valence-electron chi connectivity index (χ1n) is 11.2. The number of amides is 3. The fourth-order valence-electron chi connectivity index (χ4n) is 3.12. The van der Waals surface area contributed by atoms with E-state index in [9.17, 15) is 36.3 Å². The molecule has 0 aliphatic heterocycles. The van der Waals surface area contributed by atoms with Gasteiger partial charge in [-0.3, -0.25) is 10.1 Å². The third-order valence-corrected chi connectivity index (χ3v) is 6.16. The lowest BCUT2D eigenvalue weighted by Gasteiger charge is -2.23. The van der Waals surface area contributed by atoms with Crippen molar-refractivity contribution in [3.8, 4) is 0 Å². The summed E-state index contributed by atoms with van der Waals surface area (Å²) in [6.45, 7) is 2.06. The van der Waals surface area contributed by atoms with E-state index in [-0.39, 0.29) is 22.8 Å². The first-order chi connectivity index (χ1) is 18.0. The van der Waals surface area contributed by atoms with E-state index < -0.39 is 46.8 Å². The van der Waals surface area contributed by atoms with Gasteiger partial charge in [-0.05, 0) is 66.9 Å². The number of carbonyl (C=O) groups is 3. The van der Waals surface area contributed by atoms with Crippen molar-refractivity contribution in [2.45, 2.75) is 30.8 Å². The highest BCUT2D eigenvalue weighted by Crippen LogP contribution is 2.35. The fraction of sp³-hybridized carbons (Fsp3) is 0.192. The minimum atomic E-state index is -4.65. The summed E-state index contributed by atoms with van der Waals surface area (Å²) in [6, 6.07) is 10.8. The Balaban J connectivity index is 1.96. The number of ether oxygens (including phenoxy) is 1. The molecular formula is C26H21F5N2O4S. The van der Waals surface area contributed by atoms with Gasteiger partial charge in [0.2, 0.25) is 0 Å². The number of benzene rings is 3. The minimum Gasteiger partial charge on any atom is -0.462 e. The van der Waals surface area contributed by atoms with Crippen LogP contribution in [0.5, 0.6) is 0 Å². The molecule has 38 heavy (non-hydrogen) atoms. The predicted octanol–water partition coefficient (Wildman–Crippen LogP) is 7.00. The van der Waals surface area contributed by atoms with Crippen LogP contribution < -0.4 is 9.62 Å². The summed E-state index contributed by atoms with van der Waals surface area (Å²) in [5, 5.41) is 1.84. The maximum absolute atomic E-state index is 14.1.